The van der Waals surface area contributed by atoms with Crippen molar-refractivity contribution in [3.8, 4) is 11.5 Å². The molecule has 1 heterocycles. The summed E-state index contributed by atoms with van der Waals surface area (Å²) in [6.45, 7) is 0.00199. The number of benzene rings is 3. The smallest absolute Gasteiger partial charge is 0.335 e. The molecular weight excluding hydrogens is 582 g/mol. The molecule has 1 aliphatic heterocycles. The summed E-state index contributed by atoms with van der Waals surface area (Å²) < 4.78 is 26.1. The number of urea groups is 1. The highest BCUT2D eigenvalue weighted by Gasteiger charge is 2.34. The predicted octanol–water partition coefficient (Wildman–Crippen LogP) is 4.81. The molecule has 0 spiro atoms. The first-order chi connectivity index (χ1) is 17.3. The minimum atomic E-state index is -1.00. The van der Waals surface area contributed by atoms with Gasteiger partial charge >= 0.3 is 12.0 Å². The second kappa shape index (κ2) is 10.8. The average Bonchev–Trinajstić information content (AvgIpc) is 3.11. The quantitative estimate of drug-likeness (QED) is 0.218. The lowest BCUT2D eigenvalue weighted by Gasteiger charge is -2.14. The highest BCUT2D eigenvalue weighted by Crippen LogP contribution is 2.35. The molecule has 0 unspecified atom stereocenters. The van der Waals surface area contributed by atoms with Crippen LogP contribution in [0.4, 0.5) is 9.18 Å². The summed E-state index contributed by atoms with van der Waals surface area (Å²) >= 11 is 2.07. The summed E-state index contributed by atoms with van der Waals surface area (Å²) in [6, 6.07) is 15.1. The maximum atomic E-state index is 14.0. The van der Waals surface area contributed by atoms with E-state index in [9.17, 15) is 18.8 Å². The Bertz CT molecular complexity index is 1370. The number of ether oxygens (including phenoxy) is 2. The number of nitrogens with one attached hydrogen (secondary N) is 1. The number of aromatic carboxylic acids is 1. The Morgan fingerprint density at radius 1 is 1.14 bits per heavy atom. The normalized spacial score (nSPS) is 14.2. The molecule has 184 valence electrons. The summed E-state index contributed by atoms with van der Waals surface area (Å²) in [4.78, 5) is 37.2. The average molecular weight is 602 g/mol. The van der Waals surface area contributed by atoms with Gasteiger partial charge in [-0.25, -0.2) is 14.0 Å². The summed E-state index contributed by atoms with van der Waals surface area (Å²) in [5, 5.41) is 11.6. The van der Waals surface area contributed by atoms with Crippen molar-refractivity contribution >= 4 is 46.6 Å². The van der Waals surface area contributed by atoms with Crippen LogP contribution in [0.3, 0.4) is 0 Å². The maximum Gasteiger partial charge on any atom is 0.335 e. The molecule has 3 aromatic rings. The van der Waals surface area contributed by atoms with E-state index in [4.69, 9.17) is 14.6 Å². The SMILES string of the molecule is COc1cc(/C=C2/NC(=O)N(Cc3ccccc3F)C2=O)cc(I)c1OCc1ccc(C(=O)O)cc1. The van der Waals surface area contributed by atoms with E-state index in [1.54, 1.807) is 30.3 Å². The number of methoxy groups -OCH3 is 1. The van der Waals surface area contributed by atoms with Gasteiger partial charge in [0, 0.05) is 5.56 Å². The molecule has 8 nitrogen and oxygen atoms in total. The van der Waals surface area contributed by atoms with Gasteiger partial charge in [-0.15, -0.1) is 0 Å². The number of hydrogen-bond donors (Lipinski definition) is 2. The van der Waals surface area contributed by atoms with Gasteiger partial charge in [0.1, 0.15) is 18.1 Å². The molecule has 36 heavy (non-hydrogen) atoms. The number of nitrogens with zero attached hydrogens (tertiary/aromatic N) is 1. The number of halogens is 2. The van der Waals surface area contributed by atoms with Crippen molar-refractivity contribution in [2.45, 2.75) is 13.2 Å². The van der Waals surface area contributed by atoms with E-state index in [2.05, 4.69) is 27.9 Å². The molecule has 0 atom stereocenters. The van der Waals surface area contributed by atoms with E-state index < -0.39 is 23.7 Å². The van der Waals surface area contributed by atoms with Crippen molar-refractivity contribution in [2.24, 2.45) is 0 Å². The largest absolute Gasteiger partial charge is 0.493 e. The number of carboxylic acids is 1. The molecule has 3 amide bonds. The topological polar surface area (TPSA) is 105 Å². The van der Waals surface area contributed by atoms with E-state index in [-0.39, 0.29) is 30.0 Å². The minimum absolute atomic E-state index is 0.0568. The monoisotopic (exact) mass is 602 g/mol. The molecule has 2 N–H and O–H groups in total. The van der Waals surface area contributed by atoms with Crippen molar-refractivity contribution in [3.63, 3.8) is 0 Å². The fourth-order valence-corrected chi connectivity index (χ4v) is 4.32. The number of carbonyl (C=O) groups excluding carboxylic acids is 2. The fourth-order valence-electron chi connectivity index (χ4n) is 3.54. The van der Waals surface area contributed by atoms with Gasteiger partial charge in [-0.3, -0.25) is 9.69 Å². The summed E-state index contributed by atoms with van der Waals surface area (Å²) in [6.07, 6.45) is 1.51. The third-order valence-electron chi connectivity index (χ3n) is 5.40. The lowest BCUT2D eigenvalue weighted by molar-refractivity contribution is -0.123. The molecule has 0 saturated carbocycles. The number of carbonyl (C=O) groups is 3. The Hall–Kier alpha value is -3.93. The molecule has 0 aromatic heterocycles. The van der Waals surface area contributed by atoms with E-state index in [0.717, 1.165) is 10.5 Å². The van der Waals surface area contributed by atoms with Gasteiger partial charge in [0.05, 0.1) is 22.8 Å². The first-order valence-electron chi connectivity index (χ1n) is 10.7. The van der Waals surface area contributed by atoms with Crippen LogP contribution >= 0.6 is 22.6 Å². The zero-order chi connectivity index (χ0) is 25.8. The Kier molecular flexibility index (Phi) is 7.53. The van der Waals surface area contributed by atoms with Crippen LogP contribution in [0.5, 0.6) is 11.5 Å². The summed E-state index contributed by atoms with van der Waals surface area (Å²) in [7, 11) is 1.48. The van der Waals surface area contributed by atoms with Crippen LogP contribution < -0.4 is 14.8 Å². The van der Waals surface area contributed by atoms with Crippen molar-refractivity contribution in [2.75, 3.05) is 7.11 Å². The first-order valence-corrected chi connectivity index (χ1v) is 11.7. The molecule has 0 aliphatic carbocycles. The molecular formula is C26H20FIN2O6. The third kappa shape index (κ3) is 5.48. The van der Waals surface area contributed by atoms with Crippen molar-refractivity contribution in [3.05, 3.63) is 98.0 Å². The Morgan fingerprint density at radius 2 is 1.86 bits per heavy atom. The predicted molar refractivity (Wildman–Crippen MR) is 137 cm³/mol. The lowest BCUT2D eigenvalue weighted by atomic mass is 10.1. The lowest BCUT2D eigenvalue weighted by Crippen LogP contribution is -2.30. The van der Waals surface area contributed by atoms with Crippen LogP contribution in [0.25, 0.3) is 6.08 Å². The summed E-state index contributed by atoms with van der Waals surface area (Å²) in [5.74, 6) is -1.18. The van der Waals surface area contributed by atoms with Gasteiger partial charge in [0.25, 0.3) is 5.91 Å². The number of imide groups is 1. The summed E-state index contributed by atoms with van der Waals surface area (Å²) in [5.41, 5.74) is 1.84. The van der Waals surface area contributed by atoms with Gasteiger partial charge in [-0.2, -0.15) is 0 Å². The van der Waals surface area contributed by atoms with Crippen LogP contribution in [-0.2, 0) is 17.9 Å². The van der Waals surface area contributed by atoms with Crippen LogP contribution in [0, 0.1) is 9.39 Å². The Morgan fingerprint density at radius 3 is 2.53 bits per heavy atom. The Labute approximate surface area is 219 Å². The molecule has 1 saturated heterocycles. The Balaban J connectivity index is 1.51. The van der Waals surface area contributed by atoms with Gasteiger partial charge < -0.3 is 19.9 Å². The number of hydrogen-bond acceptors (Lipinski definition) is 5. The van der Waals surface area contributed by atoms with E-state index in [0.29, 0.717) is 20.6 Å². The number of carboxylic acid groups (broad SMARTS) is 1. The highest BCUT2D eigenvalue weighted by atomic mass is 127. The van der Waals surface area contributed by atoms with Gasteiger partial charge in [0.15, 0.2) is 11.5 Å². The van der Waals surface area contributed by atoms with Gasteiger partial charge in [-0.05, 0) is 70.1 Å². The van der Waals surface area contributed by atoms with Crippen LogP contribution in [-0.4, -0.2) is 35.0 Å². The number of amides is 3. The molecule has 1 aliphatic rings. The number of rotatable bonds is 8. The second-order valence-corrected chi connectivity index (χ2v) is 8.96. The van der Waals surface area contributed by atoms with Crippen molar-refractivity contribution < 1.29 is 33.4 Å². The van der Waals surface area contributed by atoms with E-state index in [1.807, 2.05) is 0 Å². The van der Waals surface area contributed by atoms with Crippen molar-refractivity contribution in [1.82, 2.24) is 10.2 Å². The van der Waals surface area contributed by atoms with Gasteiger partial charge in [-0.1, -0.05) is 30.3 Å². The zero-order valence-electron chi connectivity index (χ0n) is 19.0. The van der Waals surface area contributed by atoms with E-state index >= 15 is 0 Å². The molecule has 0 bridgehead atoms. The zero-order valence-corrected chi connectivity index (χ0v) is 21.1. The molecule has 4 rings (SSSR count). The van der Waals surface area contributed by atoms with Crippen molar-refractivity contribution in [1.29, 1.82) is 0 Å². The van der Waals surface area contributed by atoms with Crippen LogP contribution in [0.2, 0.25) is 0 Å². The maximum absolute atomic E-state index is 14.0. The van der Waals surface area contributed by atoms with Gasteiger partial charge in [0.2, 0.25) is 0 Å². The molecule has 3 aromatic carbocycles. The highest BCUT2D eigenvalue weighted by molar-refractivity contribution is 14.1. The molecule has 10 heteroatoms. The van der Waals surface area contributed by atoms with Crippen LogP contribution in [0.1, 0.15) is 27.0 Å². The third-order valence-corrected chi connectivity index (χ3v) is 6.20. The minimum Gasteiger partial charge on any atom is -0.493 e. The first kappa shape index (κ1) is 25.2. The molecule has 1 fully saturated rings. The fraction of sp³-hybridized carbons (Fsp3) is 0.115. The van der Waals surface area contributed by atoms with Crippen LogP contribution in [0.15, 0.2) is 66.4 Å². The van der Waals surface area contributed by atoms with E-state index in [1.165, 1.54) is 43.5 Å². The standard InChI is InChI=1S/C26H20FIN2O6/c1-35-22-12-16(10-20(28)23(22)36-14-15-6-8-17(9-7-15)25(32)33)11-21-24(31)30(26(34)29-21)13-18-4-2-3-5-19(18)27/h2-12H,13-14H2,1H3,(H,29,34)(H,32,33)/b21-11+. The second-order valence-electron chi connectivity index (χ2n) is 7.80. The molecule has 0 radical (unpaired) electrons.